The van der Waals surface area contributed by atoms with Crippen molar-refractivity contribution in [3.05, 3.63) is 29.5 Å². The van der Waals surface area contributed by atoms with Crippen LogP contribution < -0.4 is 10.5 Å². The van der Waals surface area contributed by atoms with Crippen LogP contribution in [0.2, 0.25) is 0 Å². The van der Waals surface area contributed by atoms with E-state index in [0.717, 1.165) is 17.7 Å². The van der Waals surface area contributed by atoms with Gasteiger partial charge in [-0.15, -0.1) is 0 Å². The lowest BCUT2D eigenvalue weighted by atomic mass is 10.1. The summed E-state index contributed by atoms with van der Waals surface area (Å²) in [5, 5.41) is 1.23. The molecular weight excluding hydrogens is 200 g/mol. The van der Waals surface area contributed by atoms with Crippen molar-refractivity contribution in [2.75, 3.05) is 13.2 Å². The van der Waals surface area contributed by atoms with Crippen LogP contribution in [0.4, 0.5) is 0 Å². The molecule has 0 atom stereocenters. The van der Waals surface area contributed by atoms with Crippen molar-refractivity contribution in [1.29, 1.82) is 0 Å². The first-order chi connectivity index (χ1) is 7.76. The van der Waals surface area contributed by atoms with E-state index >= 15 is 0 Å². The number of benzene rings is 1. The van der Waals surface area contributed by atoms with E-state index in [4.69, 9.17) is 10.5 Å². The van der Waals surface area contributed by atoms with E-state index in [0.29, 0.717) is 13.2 Å². The molecule has 86 valence electrons. The van der Waals surface area contributed by atoms with Gasteiger partial charge >= 0.3 is 0 Å². The Morgan fingerprint density at radius 3 is 2.88 bits per heavy atom. The van der Waals surface area contributed by atoms with Crippen molar-refractivity contribution in [2.24, 2.45) is 5.73 Å². The van der Waals surface area contributed by atoms with Crippen LogP contribution in [0.1, 0.15) is 18.2 Å². The van der Waals surface area contributed by atoms with E-state index < -0.39 is 0 Å². The molecule has 1 aromatic heterocycles. The van der Waals surface area contributed by atoms with E-state index in [1.54, 1.807) is 0 Å². The van der Waals surface area contributed by atoms with Crippen LogP contribution in [-0.2, 0) is 6.42 Å². The zero-order valence-corrected chi connectivity index (χ0v) is 9.84. The highest BCUT2D eigenvalue weighted by Crippen LogP contribution is 2.26. The van der Waals surface area contributed by atoms with Gasteiger partial charge in [-0.1, -0.05) is 0 Å². The topological polar surface area (TPSA) is 51.0 Å². The molecule has 1 aromatic carbocycles. The van der Waals surface area contributed by atoms with Gasteiger partial charge in [0, 0.05) is 16.6 Å². The summed E-state index contributed by atoms with van der Waals surface area (Å²) in [6.07, 6.45) is 0.904. The summed E-state index contributed by atoms with van der Waals surface area (Å²) in [6, 6.07) is 6.15. The summed E-state index contributed by atoms with van der Waals surface area (Å²) in [5.41, 5.74) is 9.30. The van der Waals surface area contributed by atoms with Gasteiger partial charge < -0.3 is 15.5 Å². The number of ether oxygens (including phenoxy) is 1. The van der Waals surface area contributed by atoms with E-state index in [2.05, 4.69) is 24.0 Å². The molecule has 2 rings (SSSR count). The van der Waals surface area contributed by atoms with E-state index in [1.807, 2.05) is 13.0 Å². The van der Waals surface area contributed by atoms with Gasteiger partial charge in [-0.25, -0.2) is 0 Å². The quantitative estimate of drug-likeness (QED) is 0.827. The summed E-state index contributed by atoms with van der Waals surface area (Å²) < 4.78 is 5.51. The molecule has 0 unspecified atom stereocenters. The largest absolute Gasteiger partial charge is 0.494 e. The number of nitrogens with one attached hydrogen (secondary N) is 1. The zero-order chi connectivity index (χ0) is 11.5. The number of hydrogen-bond donors (Lipinski definition) is 2. The van der Waals surface area contributed by atoms with Crippen molar-refractivity contribution in [1.82, 2.24) is 4.98 Å². The molecule has 1 heterocycles. The molecular formula is C13H18N2O. The molecule has 0 aliphatic heterocycles. The lowest BCUT2D eigenvalue weighted by molar-refractivity contribution is 0.340. The maximum atomic E-state index is 5.63. The summed E-state index contributed by atoms with van der Waals surface area (Å²) in [5.74, 6) is 0.923. The highest BCUT2D eigenvalue weighted by Gasteiger charge is 2.08. The van der Waals surface area contributed by atoms with Crippen molar-refractivity contribution in [2.45, 2.75) is 20.3 Å². The molecule has 0 saturated heterocycles. The van der Waals surface area contributed by atoms with E-state index in [-0.39, 0.29) is 0 Å². The van der Waals surface area contributed by atoms with E-state index in [9.17, 15) is 0 Å². The lowest BCUT2D eigenvalue weighted by Gasteiger charge is -2.03. The second kappa shape index (κ2) is 4.58. The van der Waals surface area contributed by atoms with Crippen LogP contribution >= 0.6 is 0 Å². The number of aromatic nitrogens is 1. The molecule has 3 heteroatoms. The Morgan fingerprint density at radius 1 is 1.38 bits per heavy atom. The Bertz CT molecular complexity index is 488. The minimum Gasteiger partial charge on any atom is -0.494 e. The van der Waals surface area contributed by atoms with Gasteiger partial charge in [0.1, 0.15) is 5.75 Å². The standard InChI is InChI=1S/C13H18N2O/c1-3-16-10-4-5-13-12(8-10)11(6-7-14)9(2)15-13/h4-5,8,15H,3,6-7,14H2,1-2H3. The predicted octanol–water partition coefficient (Wildman–Crippen LogP) is 2.38. The SMILES string of the molecule is CCOc1ccc2[nH]c(C)c(CCN)c2c1. The molecule has 0 aliphatic rings. The third-order valence-electron chi connectivity index (χ3n) is 2.80. The van der Waals surface area contributed by atoms with Crippen molar-refractivity contribution < 1.29 is 4.74 Å². The summed E-state index contributed by atoms with van der Waals surface area (Å²) in [6.45, 7) is 5.45. The Kier molecular flexibility index (Phi) is 3.15. The fraction of sp³-hybridized carbons (Fsp3) is 0.385. The second-order valence-corrected chi connectivity index (χ2v) is 3.91. The first-order valence-corrected chi connectivity index (χ1v) is 5.70. The molecule has 16 heavy (non-hydrogen) atoms. The van der Waals surface area contributed by atoms with Gasteiger partial charge in [-0.2, -0.15) is 0 Å². The Balaban J connectivity index is 2.51. The zero-order valence-electron chi connectivity index (χ0n) is 9.84. The summed E-state index contributed by atoms with van der Waals surface area (Å²) >= 11 is 0. The average molecular weight is 218 g/mol. The number of nitrogens with two attached hydrogens (primary N) is 1. The average Bonchev–Trinajstić information content (AvgIpc) is 2.57. The van der Waals surface area contributed by atoms with Gasteiger partial charge in [-0.05, 0) is 50.6 Å². The van der Waals surface area contributed by atoms with Gasteiger partial charge in [0.25, 0.3) is 0 Å². The fourth-order valence-corrected chi connectivity index (χ4v) is 2.08. The molecule has 3 nitrogen and oxygen atoms in total. The Labute approximate surface area is 95.6 Å². The number of aryl methyl sites for hydroxylation is 1. The summed E-state index contributed by atoms with van der Waals surface area (Å²) in [7, 11) is 0. The maximum absolute atomic E-state index is 5.63. The van der Waals surface area contributed by atoms with Crippen LogP contribution in [0.3, 0.4) is 0 Å². The van der Waals surface area contributed by atoms with Crippen molar-refractivity contribution >= 4 is 10.9 Å². The highest BCUT2D eigenvalue weighted by molar-refractivity contribution is 5.86. The van der Waals surface area contributed by atoms with Crippen LogP contribution in [0.15, 0.2) is 18.2 Å². The molecule has 0 aliphatic carbocycles. The molecule has 0 radical (unpaired) electrons. The van der Waals surface area contributed by atoms with Crippen molar-refractivity contribution in [3.8, 4) is 5.75 Å². The molecule has 0 bridgehead atoms. The first-order valence-electron chi connectivity index (χ1n) is 5.70. The number of aromatic amines is 1. The summed E-state index contributed by atoms with van der Waals surface area (Å²) in [4.78, 5) is 3.37. The smallest absolute Gasteiger partial charge is 0.120 e. The fourth-order valence-electron chi connectivity index (χ4n) is 2.08. The number of H-pyrrole nitrogens is 1. The lowest BCUT2D eigenvalue weighted by Crippen LogP contribution is -2.03. The van der Waals surface area contributed by atoms with Crippen molar-refractivity contribution in [3.63, 3.8) is 0 Å². The Hall–Kier alpha value is -1.48. The van der Waals surface area contributed by atoms with Gasteiger partial charge in [-0.3, -0.25) is 0 Å². The third-order valence-corrected chi connectivity index (χ3v) is 2.80. The molecule has 2 aromatic rings. The molecule has 0 saturated carbocycles. The van der Waals surface area contributed by atoms with Gasteiger partial charge in [0.2, 0.25) is 0 Å². The first kappa shape index (κ1) is 11.0. The third kappa shape index (κ3) is 1.91. The number of fused-ring (bicyclic) bond motifs is 1. The van der Waals surface area contributed by atoms with Gasteiger partial charge in [0.15, 0.2) is 0 Å². The number of rotatable bonds is 4. The monoisotopic (exact) mass is 218 g/mol. The van der Waals surface area contributed by atoms with Crippen LogP contribution in [0.25, 0.3) is 10.9 Å². The molecule has 0 amide bonds. The molecule has 0 spiro atoms. The number of hydrogen-bond acceptors (Lipinski definition) is 2. The van der Waals surface area contributed by atoms with Crippen LogP contribution in [0, 0.1) is 6.92 Å². The van der Waals surface area contributed by atoms with Crippen LogP contribution in [-0.4, -0.2) is 18.1 Å². The minimum absolute atomic E-state index is 0.673. The Morgan fingerprint density at radius 2 is 2.19 bits per heavy atom. The van der Waals surface area contributed by atoms with E-state index in [1.165, 1.54) is 16.6 Å². The van der Waals surface area contributed by atoms with Crippen LogP contribution in [0.5, 0.6) is 5.75 Å². The normalized spacial score (nSPS) is 10.9. The van der Waals surface area contributed by atoms with Gasteiger partial charge in [0.05, 0.1) is 6.61 Å². The second-order valence-electron chi connectivity index (χ2n) is 3.91. The predicted molar refractivity (Wildman–Crippen MR) is 67.0 cm³/mol. The molecule has 3 N–H and O–H groups in total. The highest BCUT2D eigenvalue weighted by atomic mass is 16.5. The maximum Gasteiger partial charge on any atom is 0.120 e. The minimum atomic E-state index is 0.673. The molecule has 0 fully saturated rings.